The maximum absolute atomic E-state index is 3.19. The normalized spacial score (nSPS) is 30.0. The first-order chi connectivity index (χ1) is 4.29. The van der Waals surface area contributed by atoms with E-state index in [4.69, 9.17) is 0 Å². The first-order valence-electron chi connectivity index (χ1n) is 2.70. The minimum atomic E-state index is 0. The highest BCUT2D eigenvalue weighted by molar-refractivity contribution is 15.0. The van der Waals surface area contributed by atoms with Gasteiger partial charge in [-0.25, -0.2) is 10.9 Å². The van der Waals surface area contributed by atoms with Crippen LogP contribution in [0.2, 0.25) is 0 Å². The summed E-state index contributed by atoms with van der Waals surface area (Å²) in [5.74, 6) is 0. The van der Waals surface area contributed by atoms with Crippen molar-refractivity contribution in [2.75, 3.05) is 0 Å². The molecule has 1 aliphatic heterocycles. The second-order valence-electron chi connectivity index (χ2n) is 1.90. The summed E-state index contributed by atoms with van der Waals surface area (Å²) in [6.07, 6.45) is 0.824. The van der Waals surface area contributed by atoms with Crippen molar-refractivity contribution in [1.82, 2.24) is 16.2 Å². The van der Waals surface area contributed by atoms with Crippen LogP contribution in [0.5, 0.6) is 0 Å². The van der Waals surface area contributed by atoms with Crippen LogP contribution in [-0.2, 0) is 0 Å². The maximum Gasteiger partial charge on any atom is 0.0688 e. The molecule has 0 aliphatic carbocycles. The van der Waals surface area contributed by atoms with Gasteiger partial charge in [-0.3, -0.25) is 5.32 Å². The fraction of sp³-hybridized carbons (Fsp3) is 1.00. The van der Waals surface area contributed by atoms with Crippen molar-refractivity contribution < 1.29 is 0 Å². The monoisotopic (exact) mass is 371 g/mol. The fourth-order valence-electron chi connectivity index (χ4n) is 0.708. The molecule has 0 radical (unpaired) electrons. The highest BCUT2D eigenvalue weighted by Gasteiger charge is 2.11. The van der Waals surface area contributed by atoms with Gasteiger partial charge < -0.3 is 0 Å². The number of rotatable bonds is 0. The van der Waals surface area contributed by atoms with Crippen molar-refractivity contribution >= 4 is 37.2 Å². The Hall–Kier alpha value is 1.34. The predicted octanol–water partition coefficient (Wildman–Crippen LogP) is 1.78. The van der Waals surface area contributed by atoms with Crippen LogP contribution in [-0.4, -0.2) is 12.3 Å². The SMILES string of the molecule is C.CC1NNC(C)N1.II. The molecule has 0 saturated carbocycles. The molecule has 1 heterocycles. The summed E-state index contributed by atoms with van der Waals surface area (Å²) in [6, 6.07) is 0. The molecule has 0 amide bonds. The average Bonchev–Trinajstić information content (AvgIpc) is 2.20. The predicted molar refractivity (Wildman–Crippen MR) is 63.1 cm³/mol. The van der Waals surface area contributed by atoms with Crippen LogP contribution >= 0.6 is 37.2 Å². The molecule has 10 heavy (non-hydrogen) atoms. The lowest BCUT2D eigenvalue weighted by atomic mass is 10.5. The average molecular weight is 371 g/mol. The molecule has 2 unspecified atom stereocenters. The Morgan fingerprint density at radius 1 is 1.00 bits per heavy atom. The summed E-state index contributed by atoms with van der Waals surface area (Å²) in [5, 5.41) is 3.19. The van der Waals surface area contributed by atoms with E-state index in [1.165, 1.54) is 0 Å². The Labute approximate surface area is 86.4 Å². The molecule has 1 fully saturated rings. The van der Waals surface area contributed by atoms with Gasteiger partial charge in [0.15, 0.2) is 0 Å². The third-order valence-corrected chi connectivity index (χ3v) is 1.02. The molecular weight excluding hydrogens is 356 g/mol. The summed E-state index contributed by atoms with van der Waals surface area (Å²) < 4.78 is 0. The second-order valence-corrected chi connectivity index (χ2v) is 1.90. The van der Waals surface area contributed by atoms with Gasteiger partial charge in [0.1, 0.15) is 0 Å². The van der Waals surface area contributed by atoms with E-state index < -0.39 is 0 Å². The van der Waals surface area contributed by atoms with E-state index in [-0.39, 0.29) is 7.43 Å². The molecule has 1 aliphatic rings. The van der Waals surface area contributed by atoms with Crippen LogP contribution in [0.15, 0.2) is 0 Å². The van der Waals surface area contributed by atoms with Crippen molar-refractivity contribution in [2.45, 2.75) is 33.6 Å². The molecule has 2 atom stereocenters. The Morgan fingerprint density at radius 3 is 1.40 bits per heavy atom. The molecule has 0 bridgehead atoms. The zero-order valence-corrected chi connectivity index (χ0v) is 9.73. The van der Waals surface area contributed by atoms with Crippen LogP contribution in [0.4, 0.5) is 0 Å². The highest BCUT2D eigenvalue weighted by Crippen LogP contribution is 1.89. The van der Waals surface area contributed by atoms with Crippen LogP contribution in [0.1, 0.15) is 21.3 Å². The lowest BCUT2D eigenvalue weighted by molar-refractivity contribution is 0.567. The molecule has 0 aromatic carbocycles. The van der Waals surface area contributed by atoms with Crippen molar-refractivity contribution in [3.05, 3.63) is 0 Å². The van der Waals surface area contributed by atoms with Crippen LogP contribution in [0, 0.1) is 0 Å². The van der Waals surface area contributed by atoms with Crippen LogP contribution < -0.4 is 16.2 Å². The molecule has 1 rings (SSSR count). The van der Waals surface area contributed by atoms with Crippen molar-refractivity contribution in [2.24, 2.45) is 0 Å². The number of hydrazine groups is 1. The Morgan fingerprint density at radius 2 is 1.30 bits per heavy atom. The minimum Gasteiger partial charge on any atom is -0.285 e. The third kappa shape index (κ3) is 6.08. The Kier molecular flexibility index (Phi) is 11.7. The quantitative estimate of drug-likeness (QED) is 0.569. The molecular formula is C5H15I2N3. The van der Waals surface area contributed by atoms with Crippen molar-refractivity contribution in [1.29, 1.82) is 0 Å². The largest absolute Gasteiger partial charge is 0.285 e. The van der Waals surface area contributed by atoms with Gasteiger partial charge in [0.05, 0.1) is 12.3 Å². The zero-order valence-electron chi connectivity index (χ0n) is 5.41. The molecule has 3 nitrogen and oxygen atoms in total. The maximum atomic E-state index is 3.19. The van der Waals surface area contributed by atoms with Crippen LogP contribution in [0.3, 0.4) is 0 Å². The summed E-state index contributed by atoms with van der Waals surface area (Å²) in [4.78, 5) is 0. The molecule has 5 heteroatoms. The summed E-state index contributed by atoms with van der Waals surface area (Å²) in [7, 11) is 0. The minimum absolute atomic E-state index is 0. The van der Waals surface area contributed by atoms with Gasteiger partial charge in [0.2, 0.25) is 0 Å². The highest BCUT2D eigenvalue weighted by atomic mass is 128. The van der Waals surface area contributed by atoms with Gasteiger partial charge in [-0.1, -0.05) is 7.43 Å². The van der Waals surface area contributed by atoms with Gasteiger partial charge in [0, 0.05) is 37.2 Å². The van der Waals surface area contributed by atoms with E-state index in [9.17, 15) is 0 Å². The lowest BCUT2D eigenvalue weighted by Crippen LogP contribution is -2.30. The summed E-state index contributed by atoms with van der Waals surface area (Å²) in [6.45, 7) is 4.13. The summed E-state index contributed by atoms with van der Waals surface area (Å²) in [5.41, 5.74) is 6.02. The number of halogens is 2. The molecule has 0 aromatic heterocycles. The van der Waals surface area contributed by atoms with Crippen molar-refractivity contribution in [3.63, 3.8) is 0 Å². The van der Waals surface area contributed by atoms with E-state index in [0.29, 0.717) is 12.3 Å². The Balaban J connectivity index is 0. The number of hydrogen-bond acceptors (Lipinski definition) is 3. The Bertz CT molecular complexity index is 63.9. The lowest BCUT2D eigenvalue weighted by Gasteiger charge is -1.98. The van der Waals surface area contributed by atoms with Gasteiger partial charge in [-0.05, 0) is 13.8 Å². The number of nitrogens with one attached hydrogen (secondary N) is 3. The van der Waals surface area contributed by atoms with E-state index >= 15 is 0 Å². The molecule has 1 saturated heterocycles. The first kappa shape index (κ1) is 13.9. The van der Waals surface area contributed by atoms with Gasteiger partial charge >= 0.3 is 0 Å². The van der Waals surface area contributed by atoms with E-state index in [1.807, 2.05) is 0 Å². The van der Waals surface area contributed by atoms with E-state index in [2.05, 4.69) is 67.2 Å². The standard InChI is InChI=1S/C4H11N3.CH4.I2/c1-3-5-4(2)7-6-3;;1-2/h3-7H,1-2H3;1H4;. The van der Waals surface area contributed by atoms with E-state index in [0.717, 1.165) is 0 Å². The molecule has 0 aromatic rings. The van der Waals surface area contributed by atoms with Gasteiger partial charge in [-0.2, -0.15) is 0 Å². The third-order valence-electron chi connectivity index (χ3n) is 1.02. The number of hydrogen-bond donors (Lipinski definition) is 3. The van der Waals surface area contributed by atoms with E-state index in [1.54, 1.807) is 0 Å². The first-order valence-corrected chi connectivity index (χ1v) is 8.99. The summed E-state index contributed by atoms with van der Waals surface area (Å²) >= 11 is 4.24. The fourth-order valence-corrected chi connectivity index (χ4v) is 0.708. The zero-order chi connectivity index (χ0) is 7.28. The molecule has 0 spiro atoms. The van der Waals surface area contributed by atoms with Gasteiger partial charge in [0.25, 0.3) is 0 Å². The molecule has 64 valence electrons. The van der Waals surface area contributed by atoms with Crippen molar-refractivity contribution in [3.8, 4) is 0 Å². The van der Waals surface area contributed by atoms with Crippen LogP contribution in [0.25, 0.3) is 0 Å². The van der Waals surface area contributed by atoms with Gasteiger partial charge in [-0.15, -0.1) is 0 Å². The molecule has 3 N–H and O–H groups in total. The second kappa shape index (κ2) is 8.44. The topological polar surface area (TPSA) is 36.1 Å². The smallest absolute Gasteiger partial charge is 0.0688 e.